The van der Waals surface area contributed by atoms with E-state index in [1.165, 1.54) is 0 Å². The summed E-state index contributed by atoms with van der Waals surface area (Å²) in [6, 6.07) is 0.219. The Balaban J connectivity index is 1.47. The Kier molecular flexibility index (Phi) is 6.37. The van der Waals surface area contributed by atoms with Gasteiger partial charge in [-0.2, -0.15) is 4.98 Å². The summed E-state index contributed by atoms with van der Waals surface area (Å²) in [6.07, 6.45) is 7.18. The second-order valence-corrected chi connectivity index (χ2v) is 12.1. The topological polar surface area (TPSA) is 105 Å². The van der Waals surface area contributed by atoms with Gasteiger partial charge in [0.2, 0.25) is 16.0 Å². The molecule has 1 N–H and O–H groups in total. The molecule has 4 rings (SSSR count). The van der Waals surface area contributed by atoms with Crippen molar-refractivity contribution in [1.82, 2.24) is 14.3 Å². The molecule has 9 nitrogen and oxygen atoms in total. The van der Waals surface area contributed by atoms with Crippen LogP contribution < -0.4 is 15.0 Å². The largest absolute Gasteiger partial charge is 0.472 e. The maximum Gasteiger partial charge on any atom is 0.272 e. The van der Waals surface area contributed by atoms with Gasteiger partial charge < -0.3 is 10.1 Å². The minimum Gasteiger partial charge on any atom is -0.472 e. The molecule has 1 saturated carbocycles. The number of hydrogen-bond donors (Lipinski definition) is 1. The van der Waals surface area contributed by atoms with Crippen molar-refractivity contribution in [3.05, 3.63) is 6.20 Å². The zero-order chi connectivity index (χ0) is 23.1. The van der Waals surface area contributed by atoms with E-state index < -0.39 is 15.6 Å². The molecule has 3 aliphatic rings. The zero-order valence-corrected chi connectivity index (χ0v) is 20.3. The molecule has 1 aliphatic carbocycles. The highest BCUT2D eigenvalue weighted by molar-refractivity contribution is 7.89. The van der Waals surface area contributed by atoms with Crippen LogP contribution in [0.25, 0.3) is 0 Å². The lowest BCUT2D eigenvalue weighted by Crippen LogP contribution is -2.56. The number of amides is 1. The molecule has 0 unspecified atom stereocenters. The van der Waals surface area contributed by atoms with Crippen molar-refractivity contribution in [2.45, 2.75) is 83.9 Å². The fraction of sp³-hybridized carbons (Fsp3) is 0.773. The third kappa shape index (κ3) is 4.71. The Labute approximate surface area is 191 Å². The van der Waals surface area contributed by atoms with Gasteiger partial charge in [0, 0.05) is 25.2 Å². The molecule has 0 bridgehead atoms. The quantitative estimate of drug-likeness (QED) is 0.689. The van der Waals surface area contributed by atoms with Crippen LogP contribution in [0.2, 0.25) is 0 Å². The van der Waals surface area contributed by atoms with E-state index in [4.69, 9.17) is 4.74 Å². The van der Waals surface area contributed by atoms with E-state index in [0.717, 1.165) is 25.7 Å². The van der Waals surface area contributed by atoms with Gasteiger partial charge in [0.1, 0.15) is 0 Å². The number of nitrogens with zero attached hydrogens (tertiary/aromatic N) is 4. The fourth-order valence-corrected chi connectivity index (χ4v) is 6.69. The van der Waals surface area contributed by atoms with Crippen LogP contribution in [0, 0.1) is 5.92 Å². The van der Waals surface area contributed by atoms with Gasteiger partial charge >= 0.3 is 0 Å². The first kappa shape index (κ1) is 23.2. The second-order valence-electron chi connectivity index (χ2n) is 10.1. The summed E-state index contributed by atoms with van der Waals surface area (Å²) in [5.74, 6) is 1.74. The first-order chi connectivity index (χ1) is 15.1. The molecule has 1 amide bonds. The number of hydrogen-bond acceptors (Lipinski definition) is 7. The van der Waals surface area contributed by atoms with Gasteiger partial charge in [-0.1, -0.05) is 26.7 Å². The molecule has 3 heterocycles. The van der Waals surface area contributed by atoms with Crippen molar-refractivity contribution >= 4 is 27.7 Å². The molecule has 32 heavy (non-hydrogen) atoms. The zero-order valence-electron chi connectivity index (χ0n) is 19.5. The number of carbonyl (C=O) groups excluding carboxylic acids is 1. The number of aromatic nitrogens is 2. The van der Waals surface area contributed by atoms with Crippen LogP contribution >= 0.6 is 0 Å². The van der Waals surface area contributed by atoms with Crippen molar-refractivity contribution < 1.29 is 17.9 Å². The van der Waals surface area contributed by atoms with E-state index in [9.17, 15) is 13.2 Å². The summed E-state index contributed by atoms with van der Waals surface area (Å²) in [6.45, 7) is 8.39. The molecule has 178 valence electrons. The van der Waals surface area contributed by atoms with Crippen LogP contribution in [0.3, 0.4) is 0 Å². The van der Waals surface area contributed by atoms with Crippen LogP contribution in [0.1, 0.15) is 66.2 Å². The molecule has 2 fully saturated rings. The molecular weight excluding hydrogens is 430 g/mol. The predicted octanol–water partition coefficient (Wildman–Crippen LogP) is 2.79. The summed E-state index contributed by atoms with van der Waals surface area (Å²) < 4.78 is 32.5. The lowest BCUT2D eigenvalue weighted by atomic mass is 10.0. The summed E-state index contributed by atoms with van der Waals surface area (Å²) >= 11 is 0. The monoisotopic (exact) mass is 465 g/mol. The molecule has 0 aromatic carbocycles. The van der Waals surface area contributed by atoms with Crippen LogP contribution in [0.4, 0.5) is 11.8 Å². The van der Waals surface area contributed by atoms with Crippen molar-refractivity contribution in [2.75, 3.05) is 29.1 Å². The van der Waals surface area contributed by atoms with Gasteiger partial charge in [-0.25, -0.2) is 17.7 Å². The smallest absolute Gasteiger partial charge is 0.272 e. The Morgan fingerprint density at radius 2 is 1.84 bits per heavy atom. The number of fused-ring (bicyclic) bond motifs is 1. The summed E-state index contributed by atoms with van der Waals surface area (Å²) in [4.78, 5) is 24.1. The number of piperidine rings is 1. The normalized spacial score (nSPS) is 22.8. The molecule has 0 spiro atoms. The van der Waals surface area contributed by atoms with E-state index >= 15 is 0 Å². The lowest BCUT2D eigenvalue weighted by Gasteiger charge is -2.40. The third-order valence-corrected chi connectivity index (χ3v) is 8.72. The Morgan fingerprint density at radius 3 is 2.47 bits per heavy atom. The van der Waals surface area contributed by atoms with Crippen molar-refractivity contribution in [1.29, 1.82) is 0 Å². The van der Waals surface area contributed by atoms with E-state index in [1.54, 1.807) is 24.3 Å². The average molecular weight is 466 g/mol. The molecule has 0 atom stereocenters. The first-order valence-electron chi connectivity index (χ1n) is 11.7. The van der Waals surface area contributed by atoms with Crippen LogP contribution in [-0.2, 0) is 14.8 Å². The van der Waals surface area contributed by atoms with Crippen LogP contribution in [-0.4, -0.2) is 65.1 Å². The predicted molar refractivity (Wildman–Crippen MR) is 123 cm³/mol. The highest BCUT2D eigenvalue weighted by Gasteiger charge is 2.45. The summed E-state index contributed by atoms with van der Waals surface area (Å²) in [5.41, 5.74) is -0.942. The number of carbonyl (C=O) groups is 1. The van der Waals surface area contributed by atoms with Crippen molar-refractivity contribution in [3.8, 4) is 5.75 Å². The molecular formula is C22H35N5O4S. The third-order valence-electron chi connectivity index (χ3n) is 6.48. The maximum absolute atomic E-state index is 13.2. The molecule has 1 aromatic rings. The van der Waals surface area contributed by atoms with Gasteiger partial charge in [0.15, 0.2) is 17.2 Å². The lowest BCUT2D eigenvalue weighted by molar-refractivity contribution is -0.133. The summed E-state index contributed by atoms with van der Waals surface area (Å²) in [5, 5.41) is 3.35. The average Bonchev–Trinajstić information content (AvgIpc) is 3.23. The van der Waals surface area contributed by atoms with Gasteiger partial charge in [-0.05, 0) is 45.4 Å². The molecule has 10 heteroatoms. The SMILES string of the molecule is CC(C)CS(=O)(=O)N1CCC(Nc2ncc3c(n2)N(C2CCCC2)C(=O)C(C)(C)O3)CC1. The van der Waals surface area contributed by atoms with Crippen molar-refractivity contribution in [2.24, 2.45) is 5.92 Å². The van der Waals surface area contributed by atoms with Crippen LogP contribution in [0.15, 0.2) is 6.20 Å². The maximum atomic E-state index is 13.2. The minimum absolute atomic E-state index is 0.0646. The van der Waals surface area contributed by atoms with E-state index in [2.05, 4.69) is 15.3 Å². The number of sulfonamides is 1. The number of rotatable bonds is 6. The standard InChI is InChI=1S/C22H35N5O4S/c1-15(2)14-32(29,30)26-11-9-16(10-12-26)24-21-23-13-18-19(25-21)27(17-7-5-6-8-17)20(28)22(3,4)31-18/h13,15-17H,5-12,14H2,1-4H3,(H,23,24,25). The highest BCUT2D eigenvalue weighted by atomic mass is 32.2. The second kappa shape index (κ2) is 8.78. The van der Waals surface area contributed by atoms with Gasteiger partial charge in [-0.15, -0.1) is 0 Å². The summed E-state index contributed by atoms with van der Waals surface area (Å²) in [7, 11) is -3.21. The molecule has 1 aromatic heterocycles. The molecule has 0 radical (unpaired) electrons. The van der Waals surface area contributed by atoms with E-state index in [-0.39, 0.29) is 29.7 Å². The highest BCUT2D eigenvalue weighted by Crippen LogP contribution is 2.40. The van der Waals surface area contributed by atoms with Gasteiger partial charge in [-0.3, -0.25) is 9.69 Å². The van der Waals surface area contributed by atoms with Gasteiger partial charge in [0.25, 0.3) is 5.91 Å². The minimum atomic E-state index is -3.21. The molecule has 2 aliphatic heterocycles. The number of ether oxygens (including phenoxy) is 1. The van der Waals surface area contributed by atoms with E-state index in [1.807, 2.05) is 18.7 Å². The first-order valence-corrected chi connectivity index (χ1v) is 13.3. The van der Waals surface area contributed by atoms with Crippen LogP contribution in [0.5, 0.6) is 5.75 Å². The van der Waals surface area contributed by atoms with Gasteiger partial charge in [0.05, 0.1) is 11.9 Å². The fourth-order valence-electron chi connectivity index (χ4n) is 4.87. The Hall–Kier alpha value is -1.94. The Bertz CT molecular complexity index is 951. The van der Waals surface area contributed by atoms with Crippen molar-refractivity contribution in [3.63, 3.8) is 0 Å². The number of anilines is 2. The Morgan fingerprint density at radius 1 is 1.19 bits per heavy atom. The molecule has 1 saturated heterocycles. The number of nitrogens with one attached hydrogen (secondary N) is 1. The van der Waals surface area contributed by atoms with E-state index in [0.29, 0.717) is 43.4 Å².